The number of amides is 2. The third kappa shape index (κ3) is 4.81. The molecule has 5 heteroatoms. The van der Waals surface area contributed by atoms with Gasteiger partial charge in [0.2, 0.25) is 5.91 Å². The van der Waals surface area contributed by atoms with E-state index >= 15 is 0 Å². The molecule has 1 aliphatic rings. The first-order valence-corrected chi connectivity index (χ1v) is 8.76. The number of hydrogen-bond acceptors (Lipinski definition) is 3. The van der Waals surface area contributed by atoms with E-state index in [4.69, 9.17) is 5.73 Å². The third-order valence-electron chi connectivity index (χ3n) is 4.58. The van der Waals surface area contributed by atoms with Crippen molar-refractivity contribution in [1.29, 1.82) is 0 Å². The van der Waals surface area contributed by atoms with Crippen LogP contribution in [0.4, 0.5) is 0 Å². The fourth-order valence-corrected chi connectivity index (χ4v) is 3.16. The van der Waals surface area contributed by atoms with Crippen molar-refractivity contribution in [3.63, 3.8) is 0 Å². The van der Waals surface area contributed by atoms with Crippen molar-refractivity contribution >= 4 is 11.8 Å². The number of carbonyl (C=O) groups is 2. The molecule has 0 bridgehead atoms. The Balaban J connectivity index is 1.99. The summed E-state index contributed by atoms with van der Waals surface area (Å²) >= 11 is 0. The second-order valence-electron chi connectivity index (χ2n) is 7.05. The van der Waals surface area contributed by atoms with Gasteiger partial charge in [0.1, 0.15) is 0 Å². The van der Waals surface area contributed by atoms with Crippen LogP contribution in [0.5, 0.6) is 0 Å². The van der Waals surface area contributed by atoms with Crippen molar-refractivity contribution in [2.75, 3.05) is 26.2 Å². The number of hydrogen-bond donors (Lipinski definition) is 2. The van der Waals surface area contributed by atoms with Crippen LogP contribution in [0.25, 0.3) is 0 Å². The summed E-state index contributed by atoms with van der Waals surface area (Å²) in [5.41, 5.74) is 8.46. The molecule has 1 heterocycles. The molecule has 1 aromatic rings. The maximum atomic E-state index is 12.8. The van der Waals surface area contributed by atoms with Gasteiger partial charge in [0.15, 0.2) is 0 Å². The van der Waals surface area contributed by atoms with Crippen LogP contribution >= 0.6 is 0 Å². The number of nitrogens with zero attached hydrogens (tertiary/aromatic N) is 1. The Morgan fingerprint density at radius 2 is 1.96 bits per heavy atom. The molecular weight excluding hydrogens is 302 g/mol. The van der Waals surface area contributed by atoms with Gasteiger partial charge in [0, 0.05) is 25.2 Å². The van der Waals surface area contributed by atoms with Crippen molar-refractivity contribution in [2.45, 2.75) is 33.6 Å². The van der Waals surface area contributed by atoms with E-state index < -0.39 is 0 Å². The van der Waals surface area contributed by atoms with E-state index in [9.17, 15) is 9.59 Å². The Morgan fingerprint density at radius 1 is 1.29 bits per heavy atom. The van der Waals surface area contributed by atoms with Crippen LogP contribution in [0, 0.1) is 25.7 Å². The molecule has 1 fully saturated rings. The van der Waals surface area contributed by atoms with Crippen LogP contribution in [0.15, 0.2) is 18.2 Å². The second kappa shape index (κ2) is 8.29. The van der Waals surface area contributed by atoms with Crippen LogP contribution in [-0.4, -0.2) is 42.9 Å². The standard InChI is InChI=1S/C19H29N3O2/c1-13-7-14(2)9-17(8-13)19(24)22-6-4-5-16(12-22)18(23)21-11-15(3)10-20/h7-9,15-16H,4-6,10-12,20H2,1-3H3,(H,21,23). The Bertz CT molecular complexity index is 580. The molecule has 5 nitrogen and oxygen atoms in total. The molecule has 2 rings (SSSR count). The molecule has 2 amide bonds. The lowest BCUT2D eigenvalue weighted by molar-refractivity contribution is -0.126. The molecule has 2 atom stereocenters. The van der Waals surface area contributed by atoms with E-state index in [1.165, 1.54) is 0 Å². The van der Waals surface area contributed by atoms with E-state index in [1.807, 2.05) is 37.8 Å². The van der Waals surface area contributed by atoms with Gasteiger partial charge in [-0.25, -0.2) is 0 Å². The van der Waals surface area contributed by atoms with Gasteiger partial charge in [0.05, 0.1) is 5.92 Å². The van der Waals surface area contributed by atoms with Crippen molar-refractivity contribution in [1.82, 2.24) is 10.2 Å². The highest BCUT2D eigenvalue weighted by Crippen LogP contribution is 2.20. The number of carbonyl (C=O) groups excluding carboxylic acids is 2. The summed E-state index contributed by atoms with van der Waals surface area (Å²) in [6.07, 6.45) is 1.69. The van der Waals surface area contributed by atoms with Gasteiger partial charge in [-0.2, -0.15) is 0 Å². The van der Waals surface area contributed by atoms with Crippen molar-refractivity contribution in [2.24, 2.45) is 17.6 Å². The summed E-state index contributed by atoms with van der Waals surface area (Å²) in [5, 5.41) is 2.96. The highest BCUT2D eigenvalue weighted by molar-refractivity contribution is 5.95. The maximum Gasteiger partial charge on any atom is 0.253 e. The minimum absolute atomic E-state index is 0.0228. The van der Waals surface area contributed by atoms with Gasteiger partial charge < -0.3 is 16.0 Å². The molecule has 0 aromatic heterocycles. The number of benzene rings is 1. The zero-order valence-electron chi connectivity index (χ0n) is 15.0. The minimum Gasteiger partial charge on any atom is -0.355 e. The van der Waals surface area contributed by atoms with Gasteiger partial charge in [-0.15, -0.1) is 0 Å². The number of nitrogens with two attached hydrogens (primary N) is 1. The molecule has 1 aromatic carbocycles. The Labute approximate surface area is 144 Å². The molecule has 0 saturated carbocycles. The van der Waals surface area contributed by atoms with E-state index in [1.54, 1.807) is 0 Å². The smallest absolute Gasteiger partial charge is 0.253 e. The van der Waals surface area contributed by atoms with Gasteiger partial charge in [-0.1, -0.05) is 24.1 Å². The SMILES string of the molecule is Cc1cc(C)cc(C(=O)N2CCCC(C(=O)NCC(C)CN)C2)c1. The first kappa shape index (κ1) is 18.5. The second-order valence-corrected chi connectivity index (χ2v) is 7.05. The molecule has 2 unspecified atom stereocenters. The Hall–Kier alpha value is -1.88. The quantitative estimate of drug-likeness (QED) is 0.865. The van der Waals surface area contributed by atoms with Gasteiger partial charge in [-0.05, 0) is 51.3 Å². The highest BCUT2D eigenvalue weighted by atomic mass is 16.2. The molecule has 24 heavy (non-hydrogen) atoms. The molecule has 1 aliphatic heterocycles. The Kier molecular flexibility index (Phi) is 6.37. The molecule has 0 radical (unpaired) electrons. The number of nitrogens with one attached hydrogen (secondary N) is 1. The summed E-state index contributed by atoms with van der Waals surface area (Å²) in [5.74, 6) is 0.201. The first-order valence-electron chi connectivity index (χ1n) is 8.76. The molecule has 0 aliphatic carbocycles. The van der Waals surface area contributed by atoms with Gasteiger partial charge in [0.25, 0.3) is 5.91 Å². The van der Waals surface area contributed by atoms with E-state index in [0.717, 1.165) is 30.5 Å². The summed E-state index contributed by atoms with van der Waals surface area (Å²) in [6.45, 7) is 8.36. The summed E-state index contributed by atoms with van der Waals surface area (Å²) in [4.78, 5) is 26.9. The fourth-order valence-electron chi connectivity index (χ4n) is 3.16. The van der Waals surface area contributed by atoms with Crippen LogP contribution in [0.2, 0.25) is 0 Å². The average molecular weight is 331 g/mol. The summed E-state index contributed by atoms with van der Waals surface area (Å²) < 4.78 is 0. The zero-order chi connectivity index (χ0) is 17.7. The zero-order valence-corrected chi connectivity index (χ0v) is 15.0. The van der Waals surface area contributed by atoms with Crippen LogP contribution in [-0.2, 0) is 4.79 Å². The number of likely N-dealkylation sites (tertiary alicyclic amines) is 1. The predicted octanol–water partition coefficient (Wildman–Crippen LogP) is 1.87. The van der Waals surface area contributed by atoms with Crippen LogP contribution < -0.4 is 11.1 Å². The lowest BCUT2D eigenvalue weighted by Gasteiger charge is -2.32. The lowest BCUT2D eigenvalue weighted by atomic mass is 9.96. The average Bonchev–Trinajstić information content (AvgIpc) is 2.57. The van der Waals surface area contributed by atoms with E-state index in [0.29, 0.717) is 25.2 Å². The summed E-state index contributed by atoms with van der Waals surface area (Å²) in [6, 6.07) is 5.89. The Morgan fingerprint density at radius 3 is 2.58 bits per heavy atom. The number of aryl methyl sites for hydroxylation is 2. The number of rotatable bonds is 5. The van der Waals surface area contributed by atoms with Gasteiger partial charge in [-0.3, -0.25) is 9.59 Å². The molecule has 1 saturated heterocycles. The largest absolute Gasteiger partial charge is 0.355 e. The monoisotopic (exact) mass is 331 g/mol. The molecule has 0 spiro atoms. The minimum atomic E-state index is -0.126. The third-order valence-corrected chi connectivity index (χ3v) is 4.58. The highest BCUT2D eigenvalue weighted by Gasteiger charge is 2.29. The van der Waals surface area contributed by atoms with E-state index in [-0.39, 0.29) is 23.7 Å². The molecule has 132 valence electrons. The van der Waals surface area contributed by atoms with Crippen molar-refractivity contribution in [3.05, 3.63) is 34.9 Å². The lowest BCUT2D eigenvalue weighted by Crippen LogP contribution is -2.46. The summed E-state index contributed by atoms with van der Waals surface area (Å²) in [7, 11) is 0. The first-order chi connectivity index (χ1) is 11.4. The predicted molar refractivity (Wildman–Crippen MR) is 95.8 cm³/mol. The van der Waals surface area contributed by atoms with E-state index in [2.05, 4.69) is 11.4 Å². The molecular formula is C19H29N3O2. The normalized spacial score (nSPS) is 19.0. The fraction of sp³-hybridized carbons (Fsp3) is 0.579. The van der Waals surface area contributed by atoms with Crippen molar-refractivity contribution in [3.8, 4) is 0 Å². The number of piperidine rings is 1. The van der Waals surface area contributed by atoms with Crippen molar-refractivity contribution < 1.29 is 9.59 Å². The van der Waals surface area contributed by atoms with Crippen LogP contribution in [0.1, 0.15) is 41.3 Å². The van der Waals surface area contributed by atoms with Gasteiger partial charge >= 0.3 is 0 Å². The maximum absolute atomic E-state index is 12.8. The topological polar surface area (TPSA) is 75.4 Å². The molecule has 3 N–H and O–H groups in total. The van der Waals surface area contributed by atoms with Crippen LogP contribution in [0.3, 0.4) is 0 Å².